The van der Waals surface area contributed by atoms with Crippen molar-refractivity contribution in [3.8, 4) is 0 Å². The van der Waals surface area contributed by atoms with Gasteiger partial charge in [-0.15, -0.1) is 0 Å². The highest BCUT2D eigenvalue weighted by Crippen LogP contribution is 2.08. The van der Waals surface area contributed by atoms with Crippen LogP contribution < -0.4 is 5.73 Å². The molecular weight excluding hydrogens is 258 g/mol. The van der Waals surface area contributed by atoms with Crippen LogP contribution in [-0.2, 0) is 19.1 Å². The number of unbranched alkanes of at least 4 members (excludes halogenated alkanes) is 4. The lowest BCUT2D eigenvalue weighted by atomic mass is 10.1. The molecule has 118 valence electrons. The molecule has 0 saturated carbocycles. The minimum atomic E-state index is -0.519. The molecule has 0 aromatic rings. The van der Waals surface area contributed by atoms with Gasteiger partial charge < -0.3 is 15.2 Å². The third-order valence-corrected chi connectivity index (χ3v) is 3.00. The molecule has 0 amide bonds. The molecule has 0 fully saturated rings. The molecule has 0 aliphatic carbocycles. The lowest BCUT2D eigenvalue weighted by Crippen LogP contribution is -2.32. The van der Waals surface area contributed by atoms with Gasteiger partial charge in [-0.2, -0.15) is 0 Å². The summed E-state index contributed by atoms with van der Waals surface area (Å²) in [5.74, 6) is -0.436. The molecule has 1 unspecified atom stereocenters. The van der Waals surface area contributed by atoms with Gasteiger partial charge in [0, 0.05) is 6.42 Å². The molecule has 20 heavy (non-hydrogen) atoms. The maximum Gasteiger partial charge on any atom is 0.322 e. The van der Waals surface area contributed by atoms with Crippen LogP contribution >= 0.6 is 0 Å². The van der Waals surface area contributed by atoms with Crippen LogP contribution in [0.15, 0.2) is 0 Å². The number of esters is 2. The van der Waals surface area contributed by atoms with Crippen molar-refractivity contribution in [2.24, 2.45) is 5.73 Å². The summed E-state index contributed by atoms with van der Waals surface area (Å²) < 4.78 is 9.90. The van der Waals surface area contributed by atoms with Gasteiger partial charge in [0.05, 0.1) is 13.2 Å². The van der Waals surface area contributed by atoms with Crippen molar-refractivity contribution in [3.63, 3.8) is 0 Å². The fraction of sp³-hybridized carbons (Fsp3) is 0.867. The van der Waals surface area contributed by atoms with Crippen molar-refractivity contribution >= 4 is 11.9 Å². The first-order valence-corrected chi connectivity index (χ1v) is 7.69. The highest BCUT2D eigenvalue weighted by atomic mass is 16.5. The average molecular weight is 287 g/mol. The number of hydrogen-bond acceptors (Lipinski definition) is 5. The summed E-state index contributed by atoms with van der Waals surface area (Å²) in [6.45, 7) is 4.73. The average Bonchev–Trinajstić information content (AvgIpc) is 2.43. The van der Waals surface area contributed by atoms with Gasteiger partial charge >= 0.3 is 11.9 Å². The Bertz CT molecular complexity index is 269. The number of carbonyl (C=O) groups is 2. The Labute approximate surface area is 122 Å². The molecule has 2 N–H and O–H groups in total. The Morgan fingerprint density at radius 2 is 1.70 bits per heavy atom. The van der Waals surface area contributed by atoms with Gasteiger partial charge in [0.1, 0.15) is 6.04 Å². The maximum absolute atomic E-state index is 11.3. The van der Waals surface area contributed by atoms with E-state index in [9.17, 15) is 9.59 Å². The lowest BCUT2D eigenvalue weighted by Gasteiger charge is -2.09. The van der Waals surface area contributed by atoms with Crippen molar-refractivity contribution in [1.29, 1.82) is 0 Å². The Hall–Kier alpha value is -1.10. The fourth-order valence-corrected chi connectivity index (χ4v) is 1.76. The zero-order valence-corrected chi connectivity index (χ0v) is 12.9. The molecule has 0 aromatic carbocycles. The zero-order valence-electron chi connectivity index (χ0n) is 12.9. The van der Waals surface area contributed by atoms with Gasteiger partial charge in [0.15, 0.2) is 0 Å². The second-order valence-electron chi connectivity index (χ2n) is 4.89. The van der Waals surface area contributed by atoms with Gasteiger partial charge in [-0.3, -0.25) is 9.59 Å². The molecule has 0 heterocycles. The second-order valence-corrected chi connectivity index (χ2v) is 4.89. The van der Waals surface area contributed by atoms with E-state index in [0.29, 0.717) is 26.1 Å². The van der Waals surface area contributed by atoms with E-state index in [1.807, 2.05) is 0 Å². The van der Waals surface area contributed by atoms with Crippen LogP contribution in [-0.4, -0.2) is 31.2 Å². The Kier molecular flexibility index (Phi) is 12.2. The van der Waals surface area contributed by atoms with Crippen molar-refractivity contribution in [3.05, 3.63) is 0 Å². The summed E-state index contributed by atoms with van der Waals surface area (Å²) in [5.41, 5.74) is 5.69. The van der Waals surface area contributed by atoms with E-state index >= 15 is 0 Å². The van der Waals surface area contributed by atoms with Gasteiger partial charge in [-0.05, 0) is 26.2 Å². The number of ether oxygens (including phenoxy) is 2. The second kappa shape index (κ2) is 12.9. The van der Waals surface area contributed by atoms with Crippen LogP contribution in [0.5, 0.6) is 0 Å². The molecule has 0 aliphatic rings. The summed E-state index contributed by atoms with van der Waals surface area (Å²) in [7, 11) is 0. The first-order chi connectivity index (χ1) is 9.61. The molecule has 0 radical (unpaired) electrons. The van der Waals surface area contributed by atoms with Gasteiger partial charge in [-0.25, -0.2) is 0 Å². The molecule has 0 bridgehead atoms. The highest BCUT2D eigenvalue weighted by molar-refractivity contribution is 5.75. The monoisotopic (exact) mass is 287 g/mol. The van der Waals surface area contributed by atoms with Gasteiger partial charge in [0.2, 0.25) is 0 Å². The molecule has 0 rings (SSSR count). The normalized spacial score (nSPS) is 11.9. The number of rotatable bonds is 12. The van der Waals surface area contributed by atoms with Gasteiger partial charge in [0.25, 0.3) is 0 Å². The summed E-state index contributed by atoms with van der Waals surface area (Å²) in [5, 5.41) is 0. The molecule has 1 atom stereocenters. The lowest BCUT2D eigenvalue weighted by molar-refractivity contribution is -0.145. The Morgan fingerprint density at radius 1 is 1.00 bits per heavy atom. The topological polar surface area (TPSA) is 78.6 Å². The van der Waals surface area contributed by atoms with E-state index in [-0.39, 0.29) is 11.9 Å². The van der Waals surface area contributed by atoms with Crippen molar-refractivity contribution in [1.82, 2.24) is 0 Å². The molecule has 0 saturated heterocycles. The van der Waals surface area contributed by atoms with Crippen LogP contribution in [0.25, 0.3) is 0 Å². The predicted molar refractivity (Wildman–Crippen MR) is 78.2 cm³/mol. The standard InChI is InChI=1S/C15H29NO4/c1-3-5-12-20-14(17)11-9-7-6-8-10-13(16)15(18)19-4-2/h13H,3-12,16H2,1-2H3. The molecule has 0 spiro atoms. The quantitative estimate of drug-likeness (QED) is 0.441. The first-order valence-electron chi connectivity index (χ1n) is 7.69. The third-order valence-electron chi connectivity index (χ3n) is 3.00. The summed E-state index contributed by atoms with van der Waals surface area (Å²) in [4.78, 5) is 22.6. The molecule has 5 nitrogen and oxygen atoms in total. The number of carbonyl (C=O) groups excluding carboxylic acids is 2. The summed E-state index contributed by atoms with van der Waals surface area (Å²) in [6.07, 6.45) is 6.72. The van der Waals surface area contributed by atoms with E-state index in [1.165, 1.54) is 0 Å². The molecule has 5 heteroatoms. The Morgan fingerprint density at radius 3 is 2.35 bits per heavy atom. The van der Waals surface area contributed by atoms with E-state index < -0.39 is 6.04 Å². The maximum atomic E-state index is 11.3. The highest BCUT2D eigenvalue weighted by Gasteiger charge is 2.13. The third kappa shape index (κ3) is 10.8. The van der Waals surface area contributed by atoms with Crippen LogP contribution in [0, 0.1) is 0 Å². The minimum Gasteiger partial charge on any atom is -0.466 e. The first kappa shape index (κ1) is 18.9. The predicted octanol–water partition coefficient (Wildman–Crippen LogP) is 2.56. The summed E-state index contributed by atoms with van der Waals surface area (Å²) >= 11 is 0. The van der Waals surface area contributed by atoms with Crippen molar-refractivity contribution < 1.29 is 19.1 Å². The smallest absolute Gasteiger partial charge is 0.322 e. The van der Waals surface area contributed by atoms with E-state index in [0.717, 1.165) is 38.5 Å². The van der Waals surface area contributed by atoms with Crippen molar-refractivity contribution in [2.45, 2.75) is 71.3 Å². The van der Waals surface area contributed by atoms with Crippen LogP contribution in [0.3, 0.4) is 0 Å². The summed E-state index contributed by atoms with van der Waals surface area (Å²) in [6, 6.07) is -0.519. The number of nitrogens with two attached hydrogens (primary N) is 1. The van der Waals surface area contributed by atoms with E-state index in [2.05, 4.69) is 6.92 Å². The molecular formula is C15H29NO4. The SMILES string of the molecule is CCCCOC(=O)CCCCCCC(N)C(=O)OCC. The number of hydrogen-bond donors (Lipinski definition) is 1. The minimum absolute atomic E-state index is 0.110. The largest absolute Gasteiger partial charge is 0.466 e. The van der Waals surface area contributed by atoms with Crippen LogP contribution in [0.1, 0.15) is 65.2 Å². The fourth-order valence-electron chi connectivity index (χ4n) is 1.76. The van der Waals surface area contributed by atoms with E-state index in [4.69, 9.17) is 15.2 Å². The Balaban J connectivity index is 3.39. The zero-order chi connectivity index (χ0) is 15.2. The van der Waals surface area contributed by atoms with E-state index in [1.54, 1.807) is 6.92 Å². The molecule has 0 aromatic heterocycles. The van der Waals surface area contributed by atoms with Gasteiger partial charge in [-0.1, -0.05) is 32.6 Å². The van der Waals surface area contributed by atoms with Crippen LogP contribution in [0.4, 0.5) is 0 Å². The molecule has 0 aliphatic heterocycles. The van der Waals surface area contributed by atoms with Crippen LogP contribution in [0.2, 0.25) is 0 Å². The van der Waals surface area contributed by atoms with Crippen molar-refractivity contribution in [2.75, 3.05) is 13.2 Å².